The van der Waals surface area contributed by atoms with Gasteiger partial charge in [0.2, 0.25) is 5.78 Å². The van der Waals surface area contributed by atoms with E-state index in [1.54, 1.807) is 6.07 Å². The third-order valence-electron chi connectivity index (χ3n) is 6.00. The molecule has 0 spiro atoms. The van der Waals surface area contributed by atoms with Crippen LogP contribution in [0, 0.1) is 0 Å². The average Bonchev–Trinajstić information content (AvgIpc) is 2.77. The van der Waals surface area contributed by atoms with Gasteiger partial charge < -0.3 is 10.2 Å². The van der Waals surface area contributed by atoms with Crippen LogP contribution in [-0.4, -0.2) is 16.0 Å². The van der Waals surface area contributed by atoms with E-state index in [1.165, 1.54) is 6.07 Å². The molecule has 0 aliphatic heterocycles. The quantitative estimate of drug-likeness (QED) is 0.419. The number of carbonyl (C=O) groups is 1. The SMILES string of the molecule is O=C1c2c(O)cccc2Cc2cc(Cc3ccccc3)c(Cc3ccccc3)c(O)c21. The van der Waals surface area contributed by atoms with E-state index in [0.717, 1.165) is 33.4 Å². The standard InChI is InChI=1S/C28H22O3/c29-24-13-7-12-20-16-22-17-21(14-18-8-3-1-4-9-18)23(15-19-10-5-2-6-11-19)27(30)26(22)28(31)25(20)24/h1-13,17,29-30H,14-16H2. The minimum atomic E-state index is -0.313. The van der Waals surface area contributed by atoms with Gasteiger partial charge in [-0.05, 0) is 46.7 Å². The van der Waals surface area contributed by atoms with Crippen LogP contribution in [0.15, 0.2) is 84.9 Å². The summed E-state index contributed by atoms with van der Waals surface area (Å²) in [4.78, 5) is 13.3. The normalized spacial score (nSPS) is 12.3. The van der Waals surface area contributed by atoms with Gasteiger partial charge in [0.25, 0.3) is 0 Å². The maximum Gasteiger partial charge on any atom is 0.201 e. The van der Waals surface area contributed by atoms with Crippen LogP contribution in [0.1, 0.15) is 49.3 Å². The highest BCUT2D eigenvalue weighted by Gasteiger charge is 2.31. The van der Waals surface area contributed by atoms with Gasteiger partial charge >= 0.3 is 0 Å². The van der Waals surface area contributed by atoms with Crippen LogP contribution in [0.5, 0.6) is 11.5 Å². The lowest BCUT2D eigenvalue weighted by Gasteiger charge is -2.24. The fourth-order valence-electron chi connectivity index (χ4n) is 4.51. The monoisotopic (exact) mass is 406 g/mol. The van der Waals surface area contributed by atoms with Crippen molar-refractivity contribution in [1.29, 1.82) is 0 Å². The molecule has 5 rings (SSSR count). The minimum absolute atomic E-state index is 0.0335. The van der Waals surface area contributed by atoms with Gasteiger partial charge in [-0.1, -0.05) is 78.9 Å². The summed E-state index contributed by atoms with van der Waals surface area (Å²) in [5, 5.41) is 21.6. The van der Waals surface area contributed by atoms with Gasteiger partial charge in [-0.3, -0.25) is 4.79 Å². The molecule has 0 unspecified atom stereocenters. The molecule has 0 bridgehead atoms. The minimum Gasteiger partial charge on any atom is -0.507 e. The molecule has 0 radical (unpaired) electrons. The van der Waals surface area contributed by atoms with Crippen molar-refractivity contribution in [3.63, 3.8) is 0 Å². The van der Waals surface area contributed by atoms with Crippen LogP contribution in [0.3, 0.4) is 0 Å². The molecule has 4 aromatic carbocycles. The summed E-state index contributed by atoms with van der Waals surface area (Å²) in [6.45, 7) is 0. The highest BCUT2D eigenvalue weighted by molar-refractivity contribution is 6.15. The number of carbonyl (C=O) groups excluding carboxylic acids is 1. The molecule has 31 heavy (non-hydrogen) atoms. The molecular formula is C28H22O3. The van der Waals surface area contributed by atoms with E-state index in [-0.39, 0.29) is 17.3 Å². The number of phenols is 2. The summed E-state index contributed by atoms with van der Waals surface area (Å²) in [6.07, 6.45) is 1.71. The van der Waals surface area contributed by atoms with Crippen LogP contribution >= 0.6 is 0 Å². The van der Waals surface area contributed by atoms with Crippen LogP contribution in [-0.2, 0) is 19.3 Å². The van der Waals surface area contributed by atoms with Gasteiger partial charge in [0.15, 0.2) is 0 Å². The zero-order chi connectivity index (χ0) is 21.4. The van der Waals surface area contributed by atoms with E-state index in [9.17, 15) is 15.0 Å². The van der Waals surface area contributed by atoms with Crippen LogP contribution in [0.2, 0.25) is 0 Å². The molecule has 1 aliphatic rings. The van der Waals surface area contributed by atoms with Crippen molar-refractivity contribution in [3.05, 3.63) is 129 Å². The Morgan fingerprint density at radius 3 is 2.00 bits per heavy atom. The second-order valence-electron chi connectivity index (χ2n) is 8.04. The first-order valence-electron chi connectivity index (χ1n) is 10.4. The van der Waals surface area contributed by atoms with Crippen molar-refractivity contribution in [2.45, 2.75) is 19.3 Å². The molecule has 4 aromatic rings. The summed E-state index contributed by atoms with van der Waals surface area (Å²) in [6, 6.07) is 27.3. The van der Waals surface area contributed by atoms with Crippen molar-refractivity contribution >= 4 is 5.78 Å². The lowest BCUT2D eigenvalue weighted by molar-refractivity contribution is 0.102. The molecular weight excluding hydrogens is 384 g/mol. The van der Waals surface area contributed by atoms with Gasteiger partial charge in [-0.2, -0.15) is 0 Å². The Morgan fingerprint density at radius 2 is 1.32 bits per heavy atom. The molecule has 0 atom stereocenters. The molecule has 3 heteroatoms. The summed E-state index contributed by atoms with van der Waals surface area (Å²) >= 11 is 0. The zero-order valence-electron chi connectivity index (χ0n) is 17.0. The van der Waals surface area contributed by atoms with E-state index in [2.05, 4.69) is 18.2 Å². The van der Waals surface area contributed by atoms with Crippen LogP contribution in [0.25, 0.3) is 0 Å². The molecule has 152 valence electrons. The number of benzene rings is 4. The fourth-order valence-corrected chi connectivity index (χ4v) is 4.51. The van der Waals surface area contributed by atoms with Crippen molar-refractivity contribution in [2.24, 2.45) is 0 Å². The van der Waals surface area contributed by atoms with Gasteiger partial charge in [-0.25, -0.2) is 0 Å². The molecule has 2 N–H and O–H groups in total. The molecule has 0 saturated carbocycles. The highest BCUT2D eigenvalue weighted by atomic mass is 16.3. The Labute approximate surface area is 181 Å². The molecule has 3 nitrogen and oxygen atoms in total. The third kappa shape index (κ3) is 3.49. The Balaban J connectivity index is 1.67. The summed E-state index contributed by atoms with van der Waals surface area (Å²) < 4.78 is 0. The number of hydrogen-bond acceptors (Lipinski definition) is 3. The Hall–Kier alpha value is -3.85. The van der Waals surface area contributed by atoms with E-state index in [0.29, 0.717) is 30.4 Å². The molecule has 0 heterocycles. The van der Waals surface area contributed by atoms with Gasteiger partial charge in [0.05, 0.1) is 11.1 Å². The first-order valence-corrected chi connectivity index (χ1v) is 10.4. The average molecular weight is 406 g/mol. The van der Waals surface area contributed by atoms with Gasteiger partial charge in [0.1, 0.15) is 11.5 Å². The smallest absolute Gasteiger partial charge is 0.201 e. The largest absolute Gasteiger partial charge is 0.507 e. The first-order chi connectivity index (χ1) is 15.1. The molecule has 0 fully saturated rings. The maximum atomic E-state index is 13.3. The topological polar surface area (TPSA) is 57.5 Å². The fraction of sp³-hybridized carbons (Fsp3) is 0.107. The van der Waals surface area contributed by atoms with Gasteiger partial charge in [0, 0.05) is 12.0 Å². The highest BCUT2D eigenvalue weighted by Crippen LogP contribution is 2.40. The van der Waals surface area contributed by atoms with E-state index < -0.39 is 0 Å². The Morgan fingerprint density at radius 1 is 0.677 bits per heavy atom. The lowest BCUT2D eigenvalue weighted by atomic mass is 9.80. The number of aromatic hydroxyl groups is 2. The predicted molar refractivity (Wildman–Crippen MR) is 121 cm³/mol. The number of phenolic OH excluding ortho intramolecular Hbond substituents is 2. The molecule has 0 saturated heterocycles. The second-order valence-corrected chi connectivity index (χ2v) is 8.04. The number of fused-ring (bicyclic) bond motifs is 2. The van der Waals surface area contributed by atoms with E-state index in [4.69, 9.17) is 0 Å². The van der Waals surface area contributed by atoms with Crippen molar-refractivity contribution in [2.75, 3.05) is 0 Å². The second kappa shape index (κ2) is 7.77. The predicted octanol–water partition coefficient (Wildman–Crippen LogP) is 5.41. The number of rotatable bonds is 4. The van der Waals surface area contributed by atoms with Crippen molar-refractivity contribution < 1.29 is 15.0 Å². The van der Waals surface area contributed by atoms with Gasteiger partial charge in [-0.15, -0.1) is 0 Å². The molecule has 0 amide bonds. The summed E-state index contributed by atoms with van der Waals surface area (Å²) in [5.41, 5.74) is 6.21. The Bertz CT molecular complexity index is 1270. The maximum absolute atomic E-state index is 13.3. The van der Waals surface area contributed by atoms with E-state index in [1.807, 2.05) is 54.6 Å². The zero-order valence-corrected chi connectivity index (χ0v) is 17.0. The number of ketones is 1. The summed E-state index contributed by atoms with van der Waals surface area (Å²) in [7, 11) is 0. The first kappa shape index (κ1) is 19.1. The Kier molecular flexibility index (Phi) is 4.79. The summed E-state index contributed by atoms with van der Waals surface area (Å²) in [5.74, 6) is -0.316. The van der Waals surface area contributed by atoms with Crippen LogP contribution < -0.4 is 0 Å². The molecule has 0 aromatic heterocycles. The van der Waals surface area contributed by atoms with Crippen molar-refractivity contribution in [3.8, 4) is 11.5 Å². The number of hydrogen-bond donors (Lipinski definition) is 2. The molecule has 1 aliphatic carbocycles. The lowest BCUT2D eigenvalue weighted by Crippen LogP contribution is -2.17. The third-order valence-corrected chi connectivity index (χ3v) is 6.00. The van der Waals surface area contributed by atoms with Crippen molar-refractivity contribution in [1.82, 2.24) is 0 Å². The van der Waals surface area contributed by atoms with E-state index >= 15 is 0 Å². The van der Waals surface area contributed by atoms with Crippen LogP contribution in [0.4, 0.5) is 0 Å².